The Morgan fingerprint density at radius 3 is 2.68 bits per heavy atom. The molecule has 0 radical (unpaired) electrons. The summed E-state index contributed by atoms with van der Waals surface area (Å²) in [5, 5.41) is 8.12. The van der Waals surface area contributed by atoms with Gasteiger partial charge in [0.15, 0.2) is 0 Å². The number of hydrogen-bond donors (Lipinski definition) is 1. The Morgan fingerprint density at radius 1 is 1.12 bits per heavy atom. The van der Waals surface area contributed by atoms with E-state index in [-0.39, 0.29) is 11.9 Å². The zero-order valence-corrected chi connectivity index (χ0v) is 20.1. The maximum atomic E-state index is 12.5. The maximum absolute atomic E-state index is 12.5. The molecule has 3 heterocycles. The third-order valence-electron chi connectivity index (χ3n) is 6.94. The molecule has 1 saturated heterocycles. The Balaban J connectivity index is 1.60. The Hall–Kier alpha value is -3.32. The van der Waals surface area contributed by atoms with Crippen molar-refractivity contribution >= 4 is 11.6 Å². The summed E-state index contributed by atoms with van der Waals surface area (Å²) in [7, 11) is 1.65. The first kappa shape index (κ1) is 22.5. The molecule has 3 aromatic rings. The van der Waals surface area contributed by atoms with Crippen LogP contribution in [0, 0.1) is 0 Å². The minimum Gasteiger partial charge on any atom is -0.497 e. The quantitative estimate of drug-likeness (QED) is 0.583. The molecule has 0 saturated carbocycles. The summed E-state index contributed by atoms with van der Waals surface area (Å²) in [4.78, 5) is 14.4. The van der Waals surface area contributed by atoms with Gasteiger partial charge in [-0.2, -0.15) is 5.10 Å². The van der Waals surface area contributed by atoms with Crippen molar-refractivity contribution in [2.75, 3.05) is 25.1 Å². The SMILES string of the molecule is COc1cccc(Oc2c(-c3cnn(C4CCNCC4)c3)ccc3c2CCC(C)N3C(C)=O)c1. The monoisotopic (exact) mass is 460 g/mol. The molecule has 2 aliphatic heterocycles. The topological polar surface area (TPSA) is 68.6 Å². The molecule has 1 fully saturated rings. The van der Waals surface area contributed by atoms with E-state index in [9.17, 15) is 4.79 Å². The van der Waals surface area contributed by atoms with Gasteiger partial charge in [-0.05, 0) is 70.0 Å². The lowest BCUT2D eigenvalue weighted by molar-refractivity contribution is -0.117. The fourth-order valence-corrected chi connectivity index (χ4v) is 5.16. The van der Waals surface area contributed by atoms with Crippen molar-refractivity contribution in [2.24, 2.45) is 0 Å². The number of anilines is 1. The Bertz CT molecular complexity index is 1180. The minimum atomic E-state index is 0.0484. The van der Waals surface area contributed by atoms with Crippen LogP contribution in [0.2, 0.25) is 0 Å². The van der Waals surface area contributed by atoms with E-state index in [1.807, 2.05) is 35.4 Å². The van der Waals surface area contributed by atoms with Gasteiger partial charge in [-0.1, -0.05) is 6.07 Å². The van der Waals surface area contributed by atoms with E-state index < -0.39 is 0 Å². The molecule has 1 atom stereocenters. The van der Waals surface area contributed by atoms with Crippen molar-refractivity contribution in [2.45, 2.75) is 51.6 Å². The van der Waals surface area contributed by atoms with Crippen LogP contribution in [-0.2, 0) is 11.2 Å². The highest BCUT2D eigenvalue weighted by Crippen LogP contribution is 2.45. The van der Waals surface area contributed by atoms with Gasteiger partial charge in [0.25, 0.3) is 0 Å². The van der Waals surface area contributed by atoms with Crippen LogP contribution >= 0.6 is 0 Å². The van der Waals surface area contributed by atoms with Crippen molar-refractivity contribution < 1.29 is 14.3 Å². The van der Waals surface area contributed by atoms with Gasteiger partial charge in [-0.25, -0.2) is 0 Å². The van der Waals surface area contributed by atoms with E-state index in [4.69, 9.17) is 14.6 Å². The van der Waals surface area contributed by atoms with Gasteiger partial charge in [0.2, 0.25) is 5.91 Å². The summed E-state index contributed by atoms with van der Waals surface area (Å²) in [5.41, 5.74) is 3.99. The second-order valence-electron chi connectivity index (χ2n) is 9.19. The number of nitrogens with one attached hydrogen (secondary N) is 1. The molecule has 1 unspecified atom stereocenters. The minimum absolute atomic E-state index is 0.0484. The first-order chi connectivity index (χ1) is 16.5. The average molecular weight is 461 g/mol. The lowest BCUT2D eigenvalue weighted by Gasteiger charge is -2.36. The molecule has 7 nitrogen and oxygen atoms in total. The van der Waals surface area contributed by atoms with Crippen LogP contribution in [0.25, 0.3) is 11.1 Å². The predicted octanol–water partition coefficient (Wildman–Crippen LogP) is 4.96. The Kier molecular flexibility index (Phi) is 6.28. The number of carbonyl (C=O) groups is 1. The van der Waals surface area contributed by atoms with E-state index >= 15 is 0 Å². The molecule has 2 aromatic carbocycles. The molecule has 0 spiro atoms. The number of nitrogens with zero attached hydrogens (tertiary/aromatic N) is 3. The summed E-state index contributed by atoms with van der Waals surface area (Å²) in [5.74, 6) is 2.27. The maximum Gasteiger partial charge on any atom is 0.224 e. The highest BCUT2D eigenvalue weighted by atomic mass is 16.5. The molecule has 178 valence electrons. The molecule has 34 heavy (non-hydrogen) atoms. The summed E-state index contributed by atoms with van der Waals surface area (Å²) in [6.07, 6.45) is 7.93. The average Bonchev–Trinajstić information content (AvgIpc) is 3.34. The van der Waals surface area contributed by atoms with Gasteiger partial charge in [0.05, 0.1) is 25.0 Å². The predicted molar refractivity (Wildman–Crippen MR) is 133 cm³/mol. The number of carbonyl (C=O) groups excluding carboxylic acids is 1. The number of methoxy groups -OCH3 is 1. The molecule has 0 aliphatic carbocycles. The molecule has 1 aromatic heterocycles. The Morgan fingerprint density at radius 2 is 1.91 bits per heavy atom. The normalized spacial score (nSPS) is 18.4. The van der Waals surface area contributed by atoms with Crippen molar-refractivity contribution in [1.29, 1.82) is 0 Å². The molecule has 0 bridgehead atoms. The standard InChI is InChI=1S/C27H32N4O3/c1-18-7-8-25-26(31(18)19(2)32)10-9-24(27(25)34-23-6-4-5-22(15-23)33-3)20-16-29-30(17-20)21-11-13-28-14-12-21/h4-6,9-10,15-18,21,28H,7-8,11-14H2,1-3H3. The van der Waals surface area contributed by atoms with E-state index in [2.05, 4.69) is 35.3 Å². The Labute approximate surface area is 200 Å². The second-order valence-corrected chi connectivity index (χ2v) is 9.19. The van der Waals surface area contributed by atoms with Crippen LogP contribution < -0.4 is 19.7 Å². The third-order valence-corrected chi connectivity index (χ3v) is 6.94. The summed E-state index contributed by atoms with van der Waals surface area (Å²) in [6, 6.07) is 12.3. The summed E-state index contributed by atoms with van der Waals surface area (Å²) >= 11 is 0. The highest BCUT2D eigenvalue weighted by molar-refractivity contribution is 5.95. The molecule has 1 N–H and O–H groups in total. The van der Waals surface area contributed by atoms with Gasteiger partial charge in [-0.15, -0.1) is 0 Å². The van der Waals surface area contributed by atoms with Gasteiger partial charge in [-0.3, -0.25) is 9.48 Å². The molecule has 1 amide bonds. The van der Waals surface area contributed by atoms with E-state index in [1.165, 1.54) is 0 Å². The van der Waals surface area contributed by atoms with Crippen LogP contribution in [0.3, 0.4) is 0 Å². The van der Waals surface area contributed by atoms with Crippen molar-refractivity contribution in [3.05, 3.63) is 54.4 Å². The molecular weight excluding hydrogens is 428 g/mol. The molecule has 5 rings (SSSR count). The zero-order chi connectivity index (χ0) is 23.7. The van der Waals surface area contributed by atoms with Gasteiger partial charge in [0, 0.05) is 41.9 Å². The molecule has 7 heteroatoms. The third kappa shape index (κ3) is 4.28. The number of benzene rings is 2. The summed E-state index contributed by atoms with van der Waals surface area (Å²) < 4.78 is 14.1. The number of hydrogen-bond acceptors (Lipinski definition) is 5. The van der Waals surface area contributed by atoms with Crippen LogP contribution in [0.15, 0.2) is 48.8 Å². The highest BCUT2D eigenvalue weighted by Gasteiger charge is 2.30. The van der Waals surface area contributed by atoms with Gasteiger partial charge >= 0.3 is 0 Å². The van der Waals surface area contributed by atoms with Crippen molar-refractivity contribution in [3.8, 4) is 28.4 Å². The van der Waals surface area contributed by atoms with Gasteiger partial charge < -0.3 is 19.7 Å². The number of amides is 1. The molecular formula is C27H32N4O3. The number of piperidine rings is 1. The van der Waals surface area contributed by atoms with E-state index in [0.29, 0.717) is 11.8 Å². The van der Waals surface area contributed by atoms with Crippen molar-refractivity contribution in [3.63, 3.8) is 0 Å². The van der Waals surface area contributed by atoms with Crippen LogP contribution in [0.1, 0.15) is 44.7 Å². The van der Waals surface area contributed by atoms with E-state index in [1.54, 1.807) is 14.0 Å². The second kappa shape index (κ2) is 9.50. The zero-order valence-electron chi connectivity index (χ0n) is 20.1. The first-order valence-corrected chi connectivity index (χ1v) is 12.1. The first-order valence-electron chi connectivity index (χ1n) is 12.1. The number of rotatable bonds is 5. The molecule has 2 aliphatic rings. The number of ether oxygens (including phenoxy) is 2. The fraction of sp³-hybridized carbons (Fsp3) is 0.407. The largest absolute Gasteiger partial charge is 0.497 e. The smallest absolute Gasteiger partial charge is 0.224 e. The van der Waals surface area contributed by atoms with Gasteiger partial charge in [0.1, 0.15) is 17.2 Å². The lowest BCUT2D eigenvalue weighted by Crippen LogP contribution is -2.40. The van der Waals surface area contributed by atoms with E-state index in [0.717, 1.165) is 72.6 Å². The number of fused-ring (bicyclic) bond motifs is 1. The fourth-order valence-electron chi connectivity index (χ4n) is 5.16. The van der Waals surface area contributed by atoms with Crippen LogP contribution in [-0.4, -0.2) is 41.9 Å². The summed E-state index contributed by atoms with van der Waals surface area (Å²) in [6.45, 7) is 5.76. The van der Waals surface area contributed by atoms with Crippen molar-refractivity contribution in [1.82, 2.24) is 15.1 Å². The lowest BCUT2D eigenvalue weighted by atomic mass is 9.92. The number of aromatic nitrogens is 2. The van der Waals surface area contributed by atoms with Crippen LogP contribution in [0.4, 0.5) is 5.69 Å². The van der Waals surface area contributed by atoms with Crippen LogP contribution in [0.5, 0.6) is 17.2 Å².